The molecule has 1 aromatic rings. The monoisotopic (exact) mass is 222 g/mol. The fraction of sp³-hybridized carbons (Fsp3) is 0.385. The van der Waals surface area contributed by atoms with Crippen LogP contribution in [0.1, 0.15) is 30.9 Å². The van der Waals surface area contributed by atoms with Crippen LogP contribution in [0.3, 0.4) is 0 Å². The molecule has 1 unspecified atom stereocenters. The zero-order valence-corrected chi connectivity index (χ0v) is 9.59. The molecule has 1 N–H and O–H groups in total. The van der Waals surface area contributed by atoms with Gasteiger partial charge in [0, 0.05) is 5.03 Å². The molecule has 1 aromatic carbocycles. The van der Waals surface area contributed by atoms with E-state index in [1.165, 1.54) is 5.56 Å². The van der Waals surface area contributed by atoms with Gasteiger partial charge in [-0.25, -0.2) is 0 Å². The third kappa shape index (κ3) is 1.95. The van der Waals surface area contributed by atoms with Crippen LogP contribution in [0.4, 0.5) is 0 Å². The molecule has 0 radical (unpaired) electrons. The first kappa shape index (κ1) is 10.7. The number of benzene rings is 1. The van der Waals surface area contributed by atoms with Gasteiger partial charge in [-0.05, 0) is 36.0 Å². The Morgan fingerprint density at radius 1 is 1.33 bits per heavy atom. The van der Waals surface area contributed by atoms with Gasteiger partial charge in [-0.3, -0.25) is 0 Å². The molecule has 2 rings (SSSR count). The van der Waals surface area contributed by atoms with E-state index in [1.807, 2.05) is 25.1 Å². The minimum Gasteiger partial charge on any atom is -0.389 e. The summed E-state index contributed by atoms with van der Waals surface area (Å²) in [5.41, 5.74) is 3.38. The van der Waals surface area contributed by atoms with Gasteiger partial charge in [0.15, 0.2) is 0 Å². The van der Waals surface area contributed by atoms with E-state index in [0.717, 1.165) is 35.4 Å². The van der Waals surface area contributed by atoms with Crippen LogP contribution >= 0.6 is 11.6 Å². The molecule has 1 aliphatic carbocycles. The van der Waals surface area contributed by atoms with Crippen LogP contribution in [0.15, 0.2) is 29.8 Å². The third-order valence-electron chi connectivity index (χ3n) is 2.99. The lowest BCUT2D eigenvalue weighted by Gasteiger charge is -2.22. The van der Waals surface area contributed by atoms with Gasteiger partial charge in [0.25, 0.3) is 0 Å². The SMILES string of the molecule is CCC(O)C1=C(Cl)c2ccccc2CC1. The van der Waals surface area contributed by atoms with Crippen molar-refractivity contribution in [1.29, 1.82) is 0 Å². The molecule has 0 saturated carbocycles. The Kier molecular flexibility index (Phi) is 3.13. The minimum atomic E-state index is -0.383. The molecule has 80 valence electrons. The Balaban J connectivity index is 2.44. The second-order valence-corrected chi connectivity index (χ2v) is 4.30. The summed E-state index contributed by atoms with van der Waals surface area (Å²) in [5.74, 6) is 0. The van der Waals surface area contributed by atoms with Gasteiger partial charge in [-0.2, -0.15) is 0 Å². The molecular weight excluding hydrogens is 208 g/mol. The second kappa shape index (κ2) is 4.38. The molecule has 0 fully saturated rings. The second-order valence-electron chi connectivity index (χ2n) is 3.92. The van der Waals surface area contributed by atoms with E-state index in [2.05, 4.69) is 6.07 Å². The maximum absolute atomic E-state index is 9.84. The summed E-state index contributed by atoms with van der Waals surface area (Å²) in [4.78, 5) is 0. The number of rotatable bonds is 2. The number of hydrogen-bond acceptors (Lipinski definition) is 1. The average Bonchev–Trinajstić information content (AvgIpc) is 2.29. The molecule has 2 heteroatoms. The summed E-state index contributed by atoms with van der Waals surface area (Å²) < 4.78 is 0. The average molecular weight is 223 g/mol. The van der Waals surface area contributed by atoms with Crippen LogP contribution in [0.25, 0.3) is 5.03 Å². The molecule has 0 saturated heterocycles. The molecule has 0 amide bonds. The first-order valence-corrected chi connectivity index (χ1v) is 5.76. The van der Waals surface area contributed by atoms with E-state index in [0.29, 0.717) is 0 Å². The number of aryl methyl sites for hydroxylation is 1. The van der Waals surface area contributed by atoms with E-state index in [-0.39, 0.29) is 6.10 Å². The molecule has 15 heavy (non-hydrogen) atoms. The lowest BCUT2D eigenvalue weighted by atomic mass is 9.89. The zero-order valence-electron chi connectivity index (χ0n) is 8.83. The summed E-state index contributed by atoms with van der Waals surface area (Å²) in [5, 5.41) is 10.6. The quantitative estimate of drug-likeness (QED) is 0.814. The molecule has 0 aromatic heterocycles. The van der Waals surface area contributed by atoms with Crippen molar-refractivity contribution in [2.75, 3.05) is 0 Å². The van der Waals surface area contributed by atoms with Crippen molar-refractivity contribution in [3.05, 3.63) is 41.0 Å². The van der Waals surface area contributed by atoms with Gasteiger partial charge in [0.1, 0.15) is 0 Å². The highest BCUT2D eigenvalue weighted by atomic mass is 35.5. The first-order valence-electron chi connectivity index (χ1n) is 5.39. The van der Waals surface area contributed by atoms with E-state index in [1.54, 1.807) is 0 Å². The van der Waals surface area contributed by atoms with Crippen LogP contribution in [0.2, 0.25) is 0 Å². The van der Waals surface area contributed by atoms with Crippen molar-refractivity contribution >= 4 is 16.6 Å². The standard InChI is InChI=1S/C13H15ClO/c1-2-12(15)11-8-7-9-5-3-4-6-10(9)13(11)14/h3-6,12,15H,2,7-8H2,1H3. The highest BCUT2D eigenvalue weighted by molar-refractivity contribution is 6.49. The summed E-state index contributed by atoms with van der Waals surface area (Å²) in [6.45, 7) is 1.97. The van der Waals surface area contributed by atoms with Crippen molar-refractivity contribution in [1.82, 2.24) is 0 Å². The van der Waals surface area contributed by atoms with Gasteiger partial charge >= 0.3 is 0 Å². The normalized spacial score (nSPS) is 17.5. The van der Waals surface area contributed by atoms with Crippen LogP contribution in [0, 0.1) is 0 Å². The number of halogens is 1. The predicted octanol–water partition coefficient (Wildman–Crippen LogP) is 3.35. The van der Waals surface area contributed by atoms with E-state index >= 15 is 0 Å². The Bertz CT molecular complexity index is 395. The van der Waals surface area contributed by atoms with Crippen LogP contribution in [-0.2, 0) is 6.42 Å². The molecule has 1 atom stereocenters. The maximum atomic E-state index is 9.84. The Morgan fingerprint density at radius 3 is 2.80 bits per heavy atom. The molecule has 0 aliphatic heterocycles. The van der Waals surface area contributed by atoms with Gasteiger partial charge < -0.3 is 5.11 Å². The smallest absolute Gasteiger partial charge is 0.0765 e. The third-order valence-corrected chi connectivity index (χ3v) is 3.43. The fourth-order valence-corrected chi connectivity index (χ4v) is 2.47. The van der Waals surface area contributed by atoms with E-state index < -0.39 is 0 Å². The van der Waals surface area contributed by atoms with E-state index in [4.69, 9.17) is 11.6 Å². The van der Waals surface area contributed by atoms with Crippen LogP contribution < -0.4 is 0 Å². The molecule has 1 nitrogen and oxygen atoms in total. The molecule has 0 heterocycles. The number of aliphatic hydroxyl groups is 1. The van der Waals surface area contributed by atoms with Crippen molar-refractivity contribution < 1.29 is 5.11 Å². The minimum absolute atomic E-state index is 0.383. The molecular formula is C13H15ClO. The highest BCUT2D eigenvalue weighted by Crippen LogP contribution is 2.35. The van der Waals surface area contributed by atoms with Gasteiger partial charge in [0.05, 0.1) is 6.10 Å². The predicted molar refractivity (Wildman–Crippen MR) is 63.8 cm³/mol. The van der Waals surface area contributed by atoms with Crippen molar-refractivity contribution in [3.8, 4) is 0 Å². The van der Waals surface area contributed by atoms with Crippen molar-refractivity contribution in [3.63, 3.8) is 0 Å². The first-order chi connectivity index (χ1) is 7.24. The number of hydrogen-bond donors (Lipinski definition) is 1. The van der Waals surface area contributed by atoms with E-state index in [9.17, 15) is 5.11 Å². The lowest BCUT2D eigenvalue weighted by Crippen LogP contribution is -2.14. The van der Waals surface area contributed by atoms with Gasteiger partial charge in [-0.15, -0.1) is 0 Å². The summed E-state index contributed by atoms with van der Waals surface area (Å²) in [6.07, 6.45) is 2.21. The number of fused-ring (bicyclic) bond motifs is 1. The summed E-state index contributed by atoms with van der Waals surface area (Å²) in [7, 11) is 0. The Morgan fingerprint density at radius 2 is 2.07 bits per heavy atom. The summed E-state index contributed by atoms with van der Waals surface area (Å²) in [6, 6.07) is 8.15. The maximum Gasteiger partial charge on any atom is 0.0765 e. The van der Waals surface area contributed by atoms with Crippen LogP contribution in [-0.4, -0.2) is 11.2 Å². The molecule has 1 aliphatic rings. The topological polar surface area (TPSA) is 20.2 Å². The van der Waals surface area contributed by atoms with Crippen molar-refractivity contribution in [2.24, 2.45) is 0 Å². The fourth-order valence-electron chi connectivity index (χ4n) is 2.06. The number of aliphatic hydroxyl groups excluding tert-OH is 1. The van der Waals surface area contributed by atoms with Crippen LogP contribution in [0.5, 0.6) is 0 Å². The lowest BCUT2D eigenvalue weighted by molar-refractivity contribution is 0.203. The summed E-state index contributed by atoms with van der Waals surface area (Å²) >= 11 is 6.31. The molecule has 0 bridgehead atoms. The molecule has 0 spiro atoms. The van der Waals surface area contributed by atoms with Gasteiger partial charge in [0.2, 0.25) is 0 Å². The zero-order chi connectivity index (χ0) is 10.8. The largest absolute Gasteiger partial charge is 0.389 e. The Hall–Kier alpha value is -0.790. The van der Waals surface area contributed by atoms with Crippen molar-refractivity contribution in [2.45, 2.75) is 32.3 Å². The Labute approximate surface area is 95.4 Å². The highest BCUT2D eigenvalue weighted by Gasteiger charge is 2.20. The van der Waals surface area contributed by atoms with Gasteiger partial charge in [-0.1, -0.05) is 42.8 Å².